The molecule has 5 heteroatoms. The first-order valence-corrected chi connectivity index (χ1v) is 7.53. The molecule has 0 bridgehead atoms. The summed E-state index contributed by atoms with van der Waals surface area (Å²) in [6.07, 6.45) is 0.223. The van der Waals surface area contributed by atoms with Gasteiger partial charge in [-0.3, -0.25) is 9.59 Å². The number of ether oxygens (including phenoxy) is 1. The van der Waals surface area contributed by atoms with E-state index in [9.17, 15) is 9.59 Å². The van der Waals surface area contributed by atoms with E-state index in [1.54, 1.807) is 13.8 Å². The second-order valence-electron chi connectivity index (χ2n) is 6.01. The SMILES string of the molecule is CC(C)COc1ccc(CC(=O)NC(C)C(C)C(=O)O)cc1. The fourth-order valence-corrected chi connectivity index (χ4v) is 1.80. The number of carboxylic acids is 1. The molecule has 0 aliphatic heterocycles. The van der Waals surface area contributed by atoms with E-state index >= 15 is 0 Å². The minimum atomic E-state index is -0.917. The van der Waals surface area contributed by atoms with Gasteiger partial charge in [-0.25, -0.2) is 0 Å². The highest BCUT2D eigenvalue weighted by Crippen LogP contribution is 2.14. The zero-order valence-electron chi connectivity index (χ0n) is 13.6. The molecule has 0 aromatic heterocycles. The minimum Gasteiger partial charge on any atom is -0.493 e. The number of carboxylic acid groups (broad SMARTS) is 1. The Morgan fingerprint density at radius 2 is 1.73 bits per heavy atom. The Bertz CT molecular complexity index is 496. The molecule has 0 heterocycles. The molecule has 1 aromatic rings. The first-order chi connectivity index (χ1) is 10.3. The van der Waals surface area contributed by atoms with Crippen LogP contribution in [0.2, 0.25) is 0 Å². The fraction of sp³-hybridized carbons (Fsp3) is 0.529. The lowest BCUT2D eigenvalue weighted by Gasteiger charge is -2.17. The number of rotatable bonds is 8. The molecule has 0 aliphatic carbocycles. The molecule has 2 N–H and O–H groups in total. The van der Waals surface area contributed by atoms with Crippen LogP contribution in [0.15, 0.2) is 24.3 Å². The van der Waals surface area contributed by atoms with Crippen LogP contribution in [0.4, 0.5) is 0 Å². The van der Waals surface area contributed by atoms with Gasteiger partial charge < -0.3 is 15.2 Å². The molecular formula is C17H25NO4. The van der Waals surface area contributed by atoms with Crippen molar-refractivity contribution in [2.45, 2.75) is 40.2 Å². The van der Waals surface area contributed by atoms with Gasteiger partial charge in [0.05, 0.1) is 18.9 Å². The molecule has 2 atom stereocenters. The van der Waals surface area contributed by atoms with Crippen molar-refractivity contribution in [3.63, 3.8) is 0 Å². The molecule has 122 valence electrons. The van der Waals surface area contributed by atoms with Crippen molar-refractivity contribution in [2.75, 3.05) is 6.61 Å². The highest BCUT2D eigenvalue weighted by molar-refractivity contribution is 5.80. The minimum absolute atomic E-state index is 0.184. The fourth-order valence-electron chi connectivity index (χ4n) is 1.80. The zero-order valence-corrected chi connectivity index (χ0v) is 13.6. The number of nitrogens with one attached hydrogen (secondary N) is 1. The Kier molecular flexibility index (Phi) is 6.89. The Morgan fingerprint density at radius 3 is 2.23 bits per heavy atom. The van der Waals surface area contributed by atoms with E-state index in [4.69, 9.17) is 9.84 Å². The Labute approximate surface area is 131 Å². The number of aliphatic carboxylic acids is 1. The van der Waals surface area contributed by atoms with E-state index < -0.39 is 17.9 Å². The van der Waals surface area contributed by atoms with E-state index in [-0.39, 0.29) is 12.3 Å². The summed E-state index contributed by atoms with van der Waals surface area (Å²) in [5.74, 6) is -0.472. The van der Waals surface area contributed by atoms with Gasteiger partial charge in [-0.1, -0.05) is 26.0 Å². The van der Waals surface area contributed by atoms with Gasteiger partial charge in [0.15, 0.2) is 0 Å². The lowest BCUT2D eigenvalue weighted by molar-refractivity contribution is -0.142. The maximum Gasteiger partial charge on any atom is 0.308 e. The monoisotopic (exact) mass is 307 g/mol. The predicted molar refractivity (Wildman–Crippen MR) is 84.9 cm³/mol. The van der Waals surface area contributed by atoms with Crippen LogP contribution >= 0.6 is 0 Å². The summed E-state index contributed by atoms with van der Waals surface area (Å²) >= 11 is 0. The third-order valence-corrected chi connectivity index (χ3v) is 3.40. The van der Waals surface area contributed by atoms with Gasteiger partial charge in [-0.15, -0.1) is 0 Å². The van der Waals surface area contributed by atoms with Gasteiger partial charge in [0, 0.05) is 6.04 Å². The van der Waals surface area contributed by atoms with E-state index in [1.807, 2.05) is 24.3 Å². The zero-order chi connectivity index (χ0) is 16.7. The first kappa shape index (κ1) is 18.0. The van der Waals surface area contributed by atoms with Gasteiger partial charge in [0.25, 0.3) is 0 Å². The van der Waals surface area contributed by atoms with Crippen molar-refractivity contribution in [1.82, 2.24) is 5.32 Å². The number of hydrogen-bond donors (Lipinski definition) is 2. The molecule has 22 heavy (non-hydrogen) atoms. The van der Waals surface area contributed by atoms with Crippen LogP contribution in [0.1, 0.15) is 33.3 Å². The third-order valence-electron chi connectivity index (χ3n) is 3.40. The lowest BCUT2D eigenvalue weighted by Crippen LogP contribution is -2.40. The molecular weight excluding hydrogens is 282 g/mol. The summed E-state index contributed by atoms with van der Waals surface area (Å²) in [5, 5.41) is 11.6. The Morgan fingerprint density at radius 1 is 1.14 bits per heavy atom. The van der Waals surface area contributed by atoms with Crippen LogP contribution in [0.25, 0.3) is 0 Å². The second kappa shape index (κ2) is 8.41. The van der Waals surface area contributed by atoms with Gasteiger partial charge in [-0.05, 0) is 37.5 Å². The number of amides is 1. The van der Waals surface area contributed by atoms with Crippen LogP contribution in [0, 0.1) is 11.8 Å². The molecule has 1 rings (SSSR count). The second-order valence-corrected chi connectivity index (χ2v) is 6.01. The highest BCUT2D eigenvalue weighted by atomic mass is 16.5. The van der Waals surface area contributed by atoms with E-state index in [2.05, 4.69) is 19.2 Å². The van der Waals surface area contributed by atoms with Gasteiger partial charge in [0.1, 0.15) is 5.75 Å². The molecule has 5 nitrogen and oxygen atoms in total. The van der Waals surface area contributed by atoms with E-state index in [0.29, 0.717) is 12.5 Å². The Balaban J connectivity index is 2.49. The normalized spacial score (nSPS) is 13.5. The van der Waals surface area contributed by atoms with Crippen LogP contribution in [0.3, 0.4) is 0 Å². The van der Waals surface area contributed by atoms with Crippen LogP contribution < -0.4 is 10.1 Å². The summed E-state index contributed by atoms with van der Waals surface area (Å²) in [7, 11) is 0. The molecule has 0 aliphatic rings. The van der Waals surface area contributed by atoms with E-state index in [1.165, 1.54) is 0 Å². The van der Waals surface area contributed by atoms with Crippen molar-refractivity contribution < 1.29 is 19.4 Å². The van der Waals surface area contributed by atoms with Gasteiger partial charge >= 0.3 is 5.97 Å². The van der Waals surface area contributed by atoms with Gasteiger partial charge in [0.2, 0.25) is 5.91 Å². The summed E-state index contributed by atoms with van der Waals surface area (Å²) in [6.45, 7) is 8.09. The maximum atomic E-state index is 11.9. The maximum absolute atomic E-state index is 11.9. The molecule has 0 saturated heterocycles. The largest absolute Gasteiger partial charge is 0.493 e. The summed E-state index contributed by atoms with van der Waals surface area (Å²) < 4.78 is 5.58. The molecule has 1 aromatic carbocycles. The predicted octanol–water partition coefficient (Wildman–Crippen LogP) is 2.49. The van der Waals surface area contributed by atoms with Crippen molar-refractivity contribution in [2.24, 2.45) is 11.8 Å². The standard InChI is InChI=1S/C17H25NO4/c1-11(2)10-22-15-7-5-14(6-8-15)9-16(19)18-13(4)12(3)17(20)21/h5-8,11-13H,9-10H2,1-4H3,(H,18,19)(H,20,21). The van der Waals surface area contributed by atoms with Crippen LogP contribution in [-0.4, -0.2) is 29.6 Å². The van der Waals surface area contributed by atoms with Crippen molar-refractivity contribution in [3.8, 4) is 5.75 Å². The Hall–Kier alpha value is -2.04. The highest BCUT2D eigenvalue weighted by Gasteiger charge is 2.20. The third kappa shape index (κ3) is 6.16. The van der Waals surface area contributed by atoms with Crippen LogP contribution in [-0.2, 0) is 16.0 Å². The molecule has 0 fully saturated rings. The smallest absolute Gasteiger partial charge is 0.308 e. The molecule has 0 radical (unpaired) electrons. The number of hydrogen-bond acceptors (Lipinski definition) is 3. The average Bonchev–Trinajstić information content (AvgIpc) is 2.45. The molecule has 1 amide bonds. The number of carbonyl (C=O) groups excluding carboxylic acids is 1. The van der Waals surface area contributed by atoms with Crippen LogP contribution in [0.5, 0.6) is 5.75 Å². The average molecular weight is 307 g/mol. The topological polar surface area (TPSA) is 75.6 Å². The molecule has 0 saturated carbocycles. The first-order valence-electron chi connectivity index (χ1n) is 7.53. The molecule has 0 spiro atoms. The van der Waals surface area contributed by atoms with Crippen molar-refractivity contribution in [1.29, 1.82) is 0 Å². The number of carbonyl (C=O) groups is 2. The summed E-state index contributed by atoms with van der Waals surface area (Å²) in [4.78, 5) is 22.8. The number of benzene rings is 1. The van der Waals surface area contributed by atoms with Gasteiger partial charge in [-0.2, -0.15) is 0 Å². The van der Waals surface area contributed by atoms with Crippen molar-refractivity contribution >= 4 is 11.9 Å². The van der Waals surface area contributed by atoms with Crippen molar-refractivity contribution in [3.05, 3.63) is 29.8 Å². The quantitative estimate of drug-likeness (QED) is 0.773. The van der Waals surface area contributed by atoms with E-state index in [0.717, 1.165) is 11.3 Å². The summed E-state index contributed by atoms with van der Waals surface area (Å²) in [6, 6.07) is 6.97. The molecule has 2 unspecified atom stereocenters. The lowest BCUT2D eigenvalue weighted by atomic mass is 10.0. The summed E-state index contributed by atoms with van der Waals surface area (Å²) in [5.41, 5.74) is 0.865.